The van der Waals surface area contributed by atoms with Gasteiger partial charge in [0.05, 0.1) is 6.07 Å². The van der Waals surface area contributed by atoms with E-state index in [0.717, 1.165) is 12.2 Å². The van der Waals surface area contributed by atoms with Crippen molar-refractivity contribution in [3.8, 4) is 6.07 Å². The zero-order valence-corrected chi connectivity index (χ0v) is 7.77. The van der Waals surface area contributed by atoms with Gasteiger partial charge < -0.3 is 0 Å². The summed E-state index contributed by atoms with van der Waals surface area (Å²) in [5.41, 5.74) is 1.14. The molecule has 0 heterocycles. The Morgan fingerprint density at radius 2 is 2.08 bits per heavy atom. The lowest BCUT2D eigenvalue weighted by atomic mass is 10.3. The van der Waals surface area contributed by atoms with E-state index in [9.17, 15) is 0 Å². The second kappa shape index (κ2) is 5.10. The Balaban J connectivity index is 2.86. The van der Waals surface area contributed by atoms with Crippen LogP contribution in [0.1, 0.15) is 13.3 Å². The predicted octanol–water partition coefficient (Wildman–Crippen LogP) is 2.33. The Labute approximate surface area is 78.8 Å². The van der Waals surface area contributed by atoms with Crippen LogP contribution in [0.25, 0.3) is 0 Å². The quantitative estimate of drug-likeness (QED) is 0.509. The van der Waals surface area contributed by atoms with Gasteiger partial charge in [0.25, 0.3) is 0 Å². The van der Waals surface area contributed by atoms with Gasteiger partial charge in [-0.1, -0.05) is 18.2 Å². The van der Waals surface area contributed by atoms with Crippen LogP contribution in [0.15, 0.2) is 30.3 Å². The summed E-state index contributed by atoms with van der Waals surface area (Å²) in [4.78, 5) is 0. The zero-order valence-electron chi connectivity index (χ0n) is 7.77. The first-order chi connectivity index (χ1) is 6.38. The van der Waals surface area contributed by atoms with Crippen molar-refractivity contribution in [2.45, 2.75) is 13.3 Å². The van der Waals surface area contributed by atoms with Crippen LogP contribution >= 0.6 is 0 Å². The van der Waals surface area contributed by atoms with Gasteiger partial charge in [0.15, 0.2) is 6.21 Å². The normalized spacial score (nSPS) is 10.9. The molecule has 2 heteroatoms. The monoisotopic (exact) mass is 173 g/mol. The van der Waals surface area contributed by atoms with Gasteiger partial charge in [-0.3, -0.25) is 0 Å². The van der Waals surface area contributed by atoms with E-state index in [4.69, 9.17) is 5.26 Å². The Bertz CT molecular complexity index is 320. The van der Waals surface area contributed by atoms with Crippen LogP contribution in [0.4, 0.5) is 5.69 Å². The van der Waals surface area contributed by atoms with E-state index in [2.05, 4.69) is 17.6 Å². The average molecular weight is 173 g/mol. The van der Waals surface area contributed by atoms with E-state index in [-0.39, 0.29) is 0 Å². The number of hydrogen-bond acceptors (Lipinski definition) is 1. The molecular weight excluding hydrogens is 160 g/mol. The molecule has 0 saturated heterocycles. The van der Waals surface area contributed by atoms with Crippen molar-refractivity contribution < 1.29 is 4.58 Å². The summed E-state index contributed by atoms with van der Waals surface area (Å²) in [5, 5.41) is 8.45. The fourth-order valence-corrected chi connectivity index (χ4v) is 1.19. The summed E-state index contributed by atoms with van der Waals surface area (Å²) in [6.07, 6.45) is 2.37. The lowest BCUT2D eigenvalue weighted by Gasteiger charge is -1.97. The molecule has 1 aromatic carbocycles. The summed E-state index contributed by atoms with van der Waals surface area (Å²) < 4.78 is 2.07. The highest BCUT2D eigenvalue weighted by molar-refractivity contribution is 5.56. The smallest absolute Gasteiger partial charge is 0.202 e. The molecular formula is C11H13N2+. The molecule has 0 unspecified atom stereocenters. The minimum Gasteiger partial charge on any atom is -0.202 e. The van der Waals surface area contributed by atoms with E-state index >= 15 is 0 Å². The third-order valence-corrected chi connectivity index (χ3v) is 1.83. The fourth-order valence-electron chi connectivity index (χ4n) is 1.19. The molecule has 2 nitrogen and oxygen atoms in total. The van der Waals surface area contributed by atoms with Crippen LogP contribution in [-0.4, -0.2) is 17.3 Å². The minimum atomic E-state index is 0.461. The van der Waals surface area contributed by atoms with E-state index in [0.29, 0.717) is 6.42 Å². The van der Waals surface area contributed by atoms with Gasteiger partial charge in [0, 0.05) is 12.1 Å². The van der Waals surface area contributed by atoms with E-state index in [1.807, 2.05) is 36.5 Å². The van der Waals surface area contributed by atoms with Crippen molar-refractivity contribution in [3.63, 3.8) is 0 Å². The average Bonchev–Trinajstić information content (AvgIpc) is 2.21. The van der Waals surface area contributed by atoms with Crippen LogP contribution in [0, 0.1) is 11.3 Å². The molecule has 0 saturated carbocycles. The molecule has 0 radical (unpaired) electrons. The highest BCUT2D eigenvalue weighted by atomic mass is 15.0. The lowest BCUT2D eigenvalue weighted by Crippen LogP contribution is -2.05. The van der Waals surface area contributed by atoms with Crippen LogP contribution in [0.2, 0.25) is 0 Å². The van der Waals surface area contributed by atoms with E-state index in [1.165, 1.54) is 0 Å². The van der Waals surface area contributed by atoms with Crippen molar-refractivity contribution in [2.24, 2.45) is 0 Å². The number of para-hydroxylation sites is 1. The summed E-state index contributed by atoms with van der Waals surface area (Å²) in [5.74, 6) is 0. The molecule has 13 heavy (non-hydrogen) atoms. The Kier molecular flexibility index (Phi) is 3.72. The minimum absolute atomic E-state index is 0.461. The van der Waals surface area contributed by atoms with Crippen molar-refractivity contribution in [3.05, 3.63) is 30.3 Å². The van der Waals surface area contributed by atoms with Crippen molar-refractivity contribution in [1.82, 2.24) is 0 Å². The molecule has 0 amide bonds. The molecule has 0 aliphatic carbocycles. The number of hydrogen-bond donors (Lipinski definition) is 0. The predicted molar refractivity (Wildman–Crippen MR) is 53.2 cm³/mol. The molecule has 0 N–H and O–H groups in total. The summed E-state index contributed by atoms with van der Waals surface area (Å²) in [7, 11) is 0. The lowest BCUT2D eigenvalue weighted by molar-refractivity contribution is -0.432. The van der Waals surface area contributed by atoms with Gasteiger partial charge >= 0.3 is 0 Å². The maximum absolute atomic E-state index is 8.45. The molecule has 1 aromatic rings. The second-order valence-corrected chi connectivity index (χ2v) is 2.67. The highest BCUT2D eigenvalue weighted by Crippen LogP contribution is 2.08. The van der Waals surface area contributed by atoms with Crippen molar-refractivity contribution in [2.75, 3.05) is 6.54 Å². The Morgan fingerprint density at radius 1 is 1.38 bits per heavy atom. The number of nitriles is 1. The maximum atomic E-state index is 8.45. The van der Waals surface area contributed by atoms with Crippen molar-refractivity contribution in [1.29, 1.82) is 5.26 Å². The van der Waals surface area contributed by atoms with Gasteiger partial charge in [0.1, 0.15) is 13.0 Å². The summed E-state index contributed by atoms with van der Waals surface area (Å²) in [6.45, 7) is 2.96. The maximum Gasteiger partial charge on any atom is 0.204 e. The molecule has 0 spiro atoms. The van der Waals surface area contributed by atoms with Crippen LogP contribution in [-0.2, 0) is 0 Å². The topological polar surface area (TPSA) is 26.8 Å². The van der Waals surface area contributed by atoms with Gasteiger partial charge in [-0.15, -0.1) is 0 Å². The summed E-state index contributed by atoms with van der Waals surface area (Å²) in [6, 6.07) is 12.2. The van der Waals surface area contributed by atoms with Crippen LogP contribution in [0.3, 0.4) is 0 Å². The van der Waals surface area contributed by atoms with E-state index < -0.39 is 0 Å². The molecule has 0 bridgehead atoms. The van der Waals surface area contributed by atoms with E-state index in [1.54, 1.807) is 0 Å². The number of rotatable bonds is 3. The SMILES string of the molecule is CC[N+](=CCC#N)c1ccccc1. The molecule has 0 aromatic heterocycles. The zero-order chi connectivity index (χ0) is 9.52. The van der Waals surface area contributed by atoms with Gasteiger partial charge in [-0.05, 0) is 6.92 Å². The molecule has 0 fully saturated rings. The number of nitrogens with zero attached hydrogens (tertiary/aromatic N) is 2. The molecule has 0 aliphatic rings. The second-order valence-electron chi connectivity index (χ2n) is 2.67. The standard InChI is InChI=1S/C11H13N2/c1-2-13(10-6-9-12)11-7-4-3-5-8-11/h3-5,7-8,10H,2,6H2,1H3/q+1. The number of benzene rings is 1. The third-order valence-electron chi connectivity index (χ3n) is 1.83. The largest absolute Gasteiger partial charge is 0.204 e. The Morgan fingerprint density at radius 3 is 2.62 bits per heavy atom. The molecule has 1 rings (SSSR count). The first-order valence-corrected chi connectivity index (χ1v) is 4.40. The molecule has 0 atom stereocenters. The third kappa shape index (κ3) is 2.72. The first kappa shape index (κ1) is 9.47. The Hall–Kier alpha value is -1.62. The fraction of sp³-hybridized carbons (Fsp3) is 0.273. The highest BCUT2D eigenvalue weighted by Gasteiger charge is 2.03. The summed E-state index contributed by atoms with van der Waals surface area (Å²) >= 11 is 0. The van der Waals surface area contributed by atoms with Gasteiger partial charge in [-0.25, -0.2) is 4.58 Å². The van der Waals surface area contributed by atoms with Crippen LogP contribution in [0.5, 0.6) is 0 Å². The molecule has 66 valence electrons. The van der Waals surface area contributed by atoms with Gasteiger partial charge in [-0.2, -0.15) is 5.26 Å². The molecule has 0 aliphatic heterocycles. The van der Waals surface area contributed by atoms with Crippen LogP contribution < -0.4 is 0 Å². The van der Waals surface area contributed by atoms with Gasteiger partial charge in [0.2, 0.25) is 5.69 Å². The first-order valence-electron chi connectivity index (χ1n) is 4.40. The van der Waals surface area contributed by atoms with Crippen molar-refractivity contribution >= 4 is 11.9 Å².